The van der Waals surface area contributed by atoms with Crippen molar-refractivity contribution in [2.45, 2.75) is 38.9 Å². The maximum Gasteiger partial charge on any atom is 0.497 e. The van der Waals surface area contributed by atoms with E-state index >= 15 is 0 Å². The number of benzene rings is 2. The number of ether oxygens (including phenoxy) is 1. The fourth-order valence-corrected chi connectivity index (χ4v) is 2.71. The second-order valence-electron chi connectivity index (χ2n) is 6.98. The predicted octanol–water partition coefficient (Wildman–Crippen LogP) is 3.06. The molecular formula is C18H20BFO4. The van der Waals surface area contributed by atoms with Crippen molar-refractivity contribution in [2.24, 2.45) is 0 Å². The van der Waals surface area contributed by atoms with Gasteiger partial charge >= 0.3 is 13.1 Å². The maximum absolute atomic E-state index is 15.0. The zero-order valence-electron chi connectivity index (χ0n) is 14.5. The highest BCUT2D eigenvalue weighted by molar-refractivity contribution is 6.62. The molecule has 1 saturated heterocycles. The molecule has 1 heterocycles. The summed E-state index contributed by atoms with van der Waals surface area (Å²) in [6.45, 7) is 7.70. The molecule has 1 aliphatic rings. The number of esters is 1. The number of rotatable bonds is 2. The van der Waals surface area contributed by atoms with E-state index in [1.54, 1.807) is 30.3 Å². The van der Waals surface area contributed by atoms with Crippen molar-refractivity contribution < 1.29 is 23.2 Å². The van der Waals surface area contributed by atoms with Crippen LogP contribution in [-0.2, 0) is 14.0 Å². The molecule has 4 nitrogen and oxygen atoms in total. The van der Waals surface area contributed by atoms with E-state index in [9.17, 15) is 9.18 Å². The van der Waals surface area contributed by atoms with Gasteiger partial charge in [0.05, 0.1) is 23.9 Å². The van der Waals surface area contributed by atoms with Gasteiger partial charge in [0.2, 0.25) is 0 Å². The van der Waals surface area contributed by atoms with Crippen molar-refractivity contribution >= 4 is 29.3 Å². The van der Waals surface area contributed by atoms with Gasteiger partial charge in [0.1, 0.15) is 5.82 Å². The third-order valence-corrected chi connectivity index (χ3v) is 4.91. The Morgan fingerprint density at radius 2 is 1.71 bits per heavy atom. The van der Waals surface area contributed by atoms with Crippen LogP contribution in [0.3, 0.4) is 0 Å². The first-order chi connectivity index (χ1) is 11.2. The highest BCUT2D eigenvalue weighted by Crippen LogP contribution is 2.37. The zero-order valence-corrected chi connectivity index (χ0v) is 14.5. The van der Waals surface area contributed by atoms with Crippen molar-refractivity contribution in [3.8, 4) is 0 Å². The number of carbonyl (C=O) groups excluding carboxylic acids is 1. The molecule has 0 aliphatic carbocycles. The quantitative estimate of drug-likeness (QED) is 0.627. The Morgan fingerprint density at radius 1 is 1.08 bits per heavy atom. The van der Waals surface area contributed by atoms with Gasteiger partial charge in [-0.05, 0) is 45.2 Å². The highest BCUT2D eigenvalue weighted by atomic mass is 19.1. The SMILES string of the molecule is COC(=O)c1ccc2c(F)c(B3OC(C)(C)C(C)(C)O3)ccc2c1. The third-order valence-electron chi connectivity index (χ3n) is 4.91. The maximum atomic E-state index is 15.0. The third kappa shape index (κ3) is 2.60. The largest absolute Gasteiger partial charge is 0.497 e. The topological polar surface area (TPSA) is 44.8 Å². The molecule has 1 fully saturated rings. The summed E-state index contributed by atoms with van der Waals surface area (Å²) in [4.78, 5) is 11.6. The molecule has 0 spiro atoms. The van der Waals surface area contributed by atoms with Gasteiger partial charge < -0.3 is 14.0 Å². The van der Waals surface area contributed by atoms with E-state index < -0.39 is 30.1 Å². The molecule has 0 radical (unpaired) electrons. The minimum absolute atomic E-state index is 0.354. The first-order valence-corrected chi connectivity index (χ1v) is 7.82. The Hall–Kier alpha value is -1.92. The van der Waals surface area contributed by atoms with E-state index in [0.29, 0.717) is 21.8 Å². The summed E-state index contributed by atoms with van der Waals surface area (Å²) in [6.07, 6.45) is 0. The molecule has 0 aromatic heterocycles. The first-order valence-electron chi connectivity index (χ1n) is 7.82. The summed E-state index contributed by atoms with van der Waals surface area (Å²) in [5.41, 5.74) is -0.332. The average molecular weight is 330 g/mol. The fourth-order valence-electron chi connectivity index (χ4n) is 2.71. The van der Waals surface area contributed by atoms with Gasteiger partial charge in [-0.15, -0.1) is 0 Å². The van der Waals surface area contributed by atoms with Gasteiger partial charge in [0.25, 0.3) is 0 Å². The fraction of sp³-hybridized carbons (Fsp3) is 0.389. The lowest BCUT2D eigenvalue weighted by atomic mass is 9.77. The summed E-state index contributed by atoms with van der Waals surface area (Å²) in [7, 11) is 0.550. The Morgan fingerprint density at radius 3 is 2.29 bits per heavy atom. The molecule has 126 valence electrons. The van der Waals surface area contributed by atoms with Crippen molar-refractivity contribution in [3.05, 3.63) is 41.7 Å². The summed E-state index contributed by atoms with van der Waals surface area (Å²) in [5.74, 6) is -0.852. The van der Waals surface area contributed by atoms with Gasteiger partial charge in [0, 0.05) is 10.8 Å². The summed E-state index contributed by atoms with van der Waals surface area (Å²) < 4.78 is 31.5. The Labute approximate surface area is 141 Å². The molecule has 6 heteroatoms. The van der Waals surface area contributed by atoms with Crippen LogP contribution in [0.15, 0.2) is 30.3 Å². The molecule has 3 rings (SSSR count). The minimum atomic E-state index is -0.764. The van der Waals surface area contributed by atoms with Crippen molar-refractivity contribution in [2.75, 3.05) is 7.11 Å². The molecular weight excluding hydrogens is 310 g/mol. The normalized spacial score (nSPS) is 18.8. The highest BCUT2D eigenvalue weighted by Gasteiger charge is 2.52. The van der Waals surface area contributed by atoms with E-state index in [-0.39, 0.29) is 0 Å². The van der Waals surface area contributed by atoms with Gasteiger partial charge in [-0.1, -0.05) is 18.2 Å². The number of hydrogen-bond donors (Lipinski definition) is 0. The van der Waals surface area contributed by atoms with E-state index in [0.717, 1.165) is 0 Å². The van der Waals surface area contributed by atoms with Crippen LogP contribution in [0.25, 0.3) is 10.8 Å². The monoisotopic (exact) mass is 330 g/mol. The van der Waals surface area contributed by atoms with E-state index in [1.165, 1.54) is 7.11 Å². The molecule has 24 heavy (non-hydrogen) atoms. The van der Waals surface area contributed by atoms with Gasteiger partial charge in [-0.2, -0.15) is 0 Å². The number of methoxy groups -OCH3 is 1. The average Bonchev–Trinajstić information content (AvgIpc) is 2.74. The van der Waals surface area contributed by atoms with Crippen LogP contribution in [0.5, 0.6) is 0 Å². The molecule has 2 aromatic rings. The Kier molecular flexibility index (Phi) is 3.93. The Balaban J connectivity index is 2.03. The van der Waals surface area contributed by atoms with Crippen LogP contribution >= 0.6 is 0 Å². The van der Waals surface area contributed by atoms with Gasteiger partial charge in [0.15, 0.2) is 0 Å². The second-order valence-corrected chi connectivity index (χ2v) is 6.98. The van der Waals surface area contributed by atoms with Crippen molar-refractivity contribution in [3.63, 3.8) is 0 Å². The van der Waals surface area contributed by atoms with Crippen LogP contribution < -0.4 is 5.46 Å². The Bertz CT molecular complexity index is 800. The van der Waals surface area contributed by atoms with Crippen LogP contribution in [0, 0.1) is 5.82 Å². The molecule has 0 unspecified atom stereocenters. The molecule has 0 N–H and O–H groups in total. The number of halogens is 1. The van der Waals surface area contributed by atoms with E-state index in [4.69, 9.17) is 14.0 Å². The predicted molar refractivity (Wildman–Crippen MR) is 91.0 cm³/mol. The molecule has 0 atom stereocenters. The molecule has 0 saturated carbocycles. The molecule has 0 bridgehead atoms. The van der Waals surface area contributed by atoms with E-state index in [2.05, 4.69) is 0 Å². The van der Waals surface area contributed by atoms with Crippen molar-refractivity contribution in [1.29, 1.82) is 0 Å². The first kappa shape index (κ1) is 16.9. The number of fused-ring (bicyclic) bond motifs is 1. The molecule has 2 aromatic carbocycles. The lowest BCUT2D eigenvalue weighted by Crippen LogP contribution is -2.41. The minimum Gasteiger partial charge on any atom is -0.465 e. The van der Waals surface area contributed by atoms with Crippen molar-refractivity contribution in [1.82, 2.24) is 0 Å². The zero-order chi connectivity index (χ0) is 17.7. The van der Waals surface area contributed by atoms with Gasteiger partial charge in [-0.3, -0.25) is 0 Å². The van der Waals surface area contributed by atoms with E-state index in [1.807, 2.05) is 27.7 Å². The van der Waals surface area contributed by atoms with Crippen LogP contribution in [0.4, 0.5) is 4.39 Å². The lowest BCUT2D eigenvalue weighted by Gasteiger charge is -2.32. The summed E-state index contributed by atoms with van der Waals surface area (Å²) in [6, 6.07) is 8.13. The summed E-state index contributed by atoms with van der Waals surface area (Å²) in [5, 5.41) is 1.03. The number of hydrogen-bond acceptors (Lipinski definition) is 4. The van der Waals surface area contributed by atoms with Crippen LogP contribution in [0.2, 0.25) is 0 Å². The van der Waals surface area contributed by atoms with Crippen LogP contribution in [-0.4, -0.2) is 31.4 Å². The number of carbonyl (C=O) groups is 1. The van der Waals surface area contributed by atoms with Gasteiger partial charge in [-0.25, -0.2) is 9.18 Å². The molecule has 0 amide bonds. The lowest BCUT2D eigenvalue weighted by molar-refractivity contribution is 0.00578. The van der Waals surface area contributed by atoms with Crippen LogP contribution in [0.1, 0.15) is 38.1 Å². The summed E-state index contributed by atoms with van der Waals surface area (Å²) >= 11 is 0. The standard InChI is InChI=1S/C18H20BFO4/c1-17(2)18(3,4)24-19(23-17)14-9-7-11-10-12(16(21)22-5)6-8-13(11)15(14)20/h6-10H,1-5H3. The smallest absolute Gasteiger partial charge is 0.465 e. The molecule has 1 aliphatic heterocycles. The second kappa shape index (κ2) is 5.57.